The standard InChI is InChI=1S/C13H25NO2/c1-2-4-12-9-11(5-8-16-12)14-10-13(15)6-3-7-13/h11-12,14-15H,2-10H2,1H3. The summed E-state index contributed by atoms with van der Waals surface area (Å²) in [5.41, 5.74) is -0.390. The number of nitrogens with one attached hydrogen (secondary N) is 1. The molecule has 2 unspecified atom stereocenters. The van der Waals surface area contributed by atoms with E-state index in [9.17, 15) is 5.11 Å². The van der Waals surface area contributed by atoms with Crippen molar-refractivity contribution in [2.24, 2.45) is 0 Å². The van der Waals surface area contributed by atoms with Crippen LogP contribution in [0.2, 0.25) is 0 Å². The Labute approximate surface area is 98.6 Å². The Kier molecular flexibility index (Phi) is 4.22. The van der Waals surface area contributed by atoms with Crippen molar-refractivity contribution in [3.8, 4) is 0 Å². The molecule has 1 saturated heterocycles. The van der Waals surface area contributed by atoms with Gasteiger partial charge in [-0.05, 0) is 38.5 Å². The lowest BCUT2D eigenvalue weighted by atomic mass is 9.80. The molecule has 3 heteroatoms. The Morgan fingerprint density at radius 2 is 2.25 bits per heavy atom. The van der Waals surface area contributed by atoms with Crippen LogP contribution in [0.4, 0.5) is 0 Å². The number of aliphatic hydroxyl groups is 1. The van der Waals surface area contributed by atoms with Crippen molar-refractivity contribution in [1.82, 2.24) is 5.32 Å². The summed E-state index contributed by atoms with van der Waals surface area (Å²) >= 11 is 0. The molecule has 2 fully saturated rings. The van der Waals surface area contributed by atoms with Crippen molar-refractivity contribution in [3.63, 3.8) is 0 Å². The molecular formula is C13H25NO2. The second-order valence-electron chi connectivity index (χ2n) is 5.46. The highest BCUT2D eigenvalue weighted by atomic mass is 16.5. The molecule has 0 radical (unpaired) electrons. The third kappa shape index (κ3) is 3.19. The number of ether oxygens (including phenoxy) is 1. The van der Waals surface area contributed by atoms with E-state index in [4.69, 9.17) is 4.74 Å². The van der Waals surface area contributed by atoms with Crippen LogP contribution in [-0.4, -0.2) is 36.0 Å². The number of hydrogen-bond donors (Lipinski definition) is 2. The normalized spacial score (nSPS) is 33.4. The van der Waals surface area contributed by atoms with E-state index in [1.807, 2.05) is 0 Å². The summed E-state index contributed by atoms with van der Waals surface area (Å²) in [6.45, 7) is 3.86. The van der Waals surface area contributed by atoms with Crippen molar-refractivity contribution in [2.45, 2.75) is 69.6 Å². The highest BCUT2D eigenvalue weighted by Gasteiger charge is 2.35. The monoisotopic (exact) mass is 227 g/mol. The van der Waals surface area contributed by atoms with Gasteiger partial charge in [0.05, 0.1) is 11.7 Å². The van der Waals surface area contributed by atoms with Gasteiger partial charge in [-0.15, -0.1) is 0 Å². The fourth-order valence-corrected chi connectivity index (χ4v) is 2.68. The molecule has 2 rings (SSSR count). The molecule has 0 aromatic heterocycles. The average molecular weight is 227 g/mol. The average Bonchev–Trinajstić information content (AvgIpc) is 2.25. The van der Waals surface area contributed by atoms with Gasteiger partial charge in [-0.1, -0.05) is 13.3 Å². The van der Waals surface area contributed by atoms with E-state index in [0.29, 0.717) is 12.1 Å². The molecule has 0 spiro atoms. The summed E-state index contributed by atoms with van der Waals surface area (Å²) < 4.78 is 5.72. The van der Waals surface area contributed by atoms with Gasteiger partial charge < -0.3 is 15.2 Å². The van der Waals surface area contributed by atoms with Gasteiger partial charge in [0.25, 0.3) is 0 Å². The van der Waals surface area contributed by atoms with Crippen molar-refractivity contribution in [2.75, 3.05) is 13.2 Å². The zero-order valence-corrected chi connectivity index (χ0v) is 10.4. The third-order valence-electron chi connectivity index (χ3n) is 3.98. The topological polar surface area (TPSA) is 41.5 Å². The molecule has 1 aliphatic heterocycles. The summed E-state index contributed by atoms with van der Waals surface area (Å²) in [6, 6.07) is 0.551. The molecule has 1 saturated carbocycles. The second kappa shape index (κ2) is 5.48. The van der Waals surface area contributed by atoms with E-state index in [1.165, 1.54) is 19.3 Å². The van der Waals surface area contributed by atoms with Crippen LogP contribution in [0.25, 0.3) is 0 Å². The lowest BCUT2D eigenvalue weighted by Gasteiger charge is -2.39. The summed E-state index contributed by atoms with van der Waals surface area (Å²) in [6.07, 6.45) is 8.14. The maximum atomic E-state index is 10.0. The van der Waals surface area contributed by atoms with E-state index >= 15 is 0 Å². The highest BCUT2D eigenvalue weighted by Crippen LogP contribution is 2.31. The minimum Gasteiger partial charge on any atom is -0.389 e. The van der Waals surface area contributed by atoms with Crippen LogP contribution in [0.5, 0.6) is 0 Å². The Bertz CT molecular complexity index is 214. The van der Waals surface area contributed by atoms with E-state index < -0.39 is 5.60 Å². The Morgan fingerprint density at radius 3 is 2.88 bits per heavy atom. The first-order chi connectivity index (χ1) is 7.72. The van der Waals surface area contributed by atoms with Gasteiger partial charge in [0.1, 0.15) is 0 Å². The largest absolute Gasteiger partial charge is 0.389 e. The molecule has 0 bridgehead atoms. The van der Waals surface area contributed by atoms with Crippen molar-refractivity contribution in [1.29, 1.82) is 0 Å². The van der Waals surface area contributed by atoms with Gasteiger partial charge in [-0.25, -0.2) is 0 Å². The molecule has 94 valence electrons. The SMILES string of the molecule is CCCC1CC(NCC2(O)CCC2)CCO1. The van der Waals surface area contributed by atoms with Gasteiger partial charge in [0.2, 0.25) is 0 Å². The van der Waals surface area contributed by atoms with Crippen LogP contribution in [0.1, 0.15) is 51.9 Å². The Morgan fingerprint density at radius 1 is 1.44 bits per heavy atom. The molecular weight excluding hydrogens is 202 g/mol. The zero-order chi connectivity index (χ0) is 11.4. The van der Waals surface area contributed by atoms with E-state index in [0.717, 1.165) is 38.8 Å². The molecule has 1 aliphatic carbocycles. The Hall–Kier alpha value is -0.120. The smallest absolute Gasteiger partial charge is 0.0771 e. The molecule has 0 aromatic carbocycles. The first-order valence-corrected chi connectivity index (χ1v) is 6.79. The lowest BCUT2D eigenvalue weighted by molar-refractivity contribution is -0.0435. The molecule has 2 aliphatic rings. The van der Waals surface area contributed by atoms with Crippen LogP contribution in [-0.2, 0) is 4.74 Å². The first-order valence-electron chi connectivity index (χ1n) is 6.79. The minimum atomic E-state index is -0.390. The number of hydrogen-bond acceptors (Lipinski definition) is 3. The van der Waals surface area contributed by atoms with Crippen molar-refractivity contribution >= 4 is 0 Å². The zero-order valence-electron chi connectivity index (χ0n) is 10.4. The van der Waals surface area contributed by atoms with E-state index in [-0.39, 0.29) is 0 Å². The van der Waals surface area contributed by atoms with Crippen molar-refractivity contribution in [3.05, 3.63) is 0 Å². The Balaban J connectivity index is 1.68. The maximum absolute atomic E-state index is 10.0. The fourth-order valence-electron chi connectivity index (χ4n) is 2.68. The first kappa shape index (κ1) is 12.3. The minimum absolute atomic E-state index is 0.390. The van der Waals surface area contributed by atoms with Crippen LogP contribution in [0.3, 0.4) is 0 Å². The van der Waals surface area contributed by atoms with Crippen LogP contribution < -0.4 is 5.32 Å². The van der Waals surface area contributed by atoms with Gasteiger partial charge >= 0.3 is 0 Å². The van der Waals surface area contributed by atoms with Crippen LogP contribution in [0, 0.1) is 0 Å². The molecule has 2 N–H and O–H groups in total. The predicted molar refractivity (Wildman–Crippen MR) is 64.5 cm³/mol. The van der Waals surface area contributed by atoms with Gasteiger partial charge in [0, 0.05) is 19.2 Å². The molecule has 0 amide bonds. The fraction of sp³-hybridized carbons (Fsp3) is 1.00. The molecule has 1 heterocycles. The molecule has 0 aromatic rings. The van der Waals surface area contributed by atoms with Gasteiger partial charge in [-0.3, -0.25) is 0 Å². The van der Waals surface area contributed by atoms with Crippen molar-refractivity contribution < 1.29 is 9.84 Å². The van der Waals surface area contributed by atoms with Crippen LogP contribution in [0.15, 0.2) is 0 Å². The van der Waals surface area contributed by atoms with Gasteiger partial charge in [0.15, 0.2) is 0 Å². The molecule has 16 heavy (non-hydrogen) atoms. The van der Waals surface area contributed by atoms with Gasteiger partial charge in [-0.2, -0.15) is 0 Å². The summed E-state index contributed by atoms with van der Waals surface area (Å²) in [5, 5.41) is 13.5. The lowest BCUT2D eigenvalue weighted by Crippen LogP contribution is -2.50. The van der Waals surface area contributed by atoms with E-state index in [1.54, 1.807) is 0 Å². The quantitative estimate of drug-likeness (QED) is 0.753. The highest BCUT2D eigenvalue weighted by molar-refractivity contribution is 4.91. The number of rotatable bonds is 5. The summed E-state index contributed by atoms with van der Waals surface area (Å²) in [7, 11) is 0. The maximum Gasteiger partial charge on any atom is 0.0771 e. The van der Waals surface area contributed by atoms with Crippen LogP contribution >= 0.6 is 0 Å². The van der Waals surface area contributed by atoms with E-state index in [2.05, 4.69) is 12.2 Å². The summed E-state index contributed by atoms with van der Waals surface area (Å²) in [5.74, 6) is 0. The summed E-state index contributed by atoms with van der Waals surface area (Å²) in [4.78, 5) is 0. The second-order valence-corrected chi connectivity index (χ2v) is 5.46. The molecule has 2 atom stereocenters. The molecule has 3 nitrogen and oxygen atoms in total. The third-order valence-corrected chi connectivity index (χ3v) is 3.98. The predicted octanol–water partition coefficient (Wildman–Crippen LogP) is 1.84.